The van der Waals surface area contributed by atoms with Gasteiger partial charge in [0.15, 0.2) is 5.82 Å². The third kappa shape index (κ3) is 9.18. The number of fused-ring (bicyclic) bond motifs is 3. The first-order chi connectivity index (χ1) is 28.4. The van der Waals surface area contributed by atoms with Gasteiger partial charge >= 0.3 is 12.1 Å². The second-order valence-corrected chi connectivity index (χ2v) is 17.0. The largest absolute Gasteiger partial charge is 0.508 e. The molecule has 3 saturated heterocycles. The SMILES string of the molecule is CC(C)(C)OC(=O)N1CCCC[C@@H](OCCCc2ccnc3cc(O)cc(-c4ncc5c(OCc6ccccc6)nc(OC[C@@]67CCCN6C[C@H](F)C7)nc5c4F)c23)C1. The Kier molecular flexibility index (Phi) is 11.8. The van der Waals surface area contributed by atoms with Gasteiger partial charge in [-0.3, -0.25) is 14.9 Å². The first-order valence-corrected chi connectivity index (χ1v) is 20.7. The minimum Gasteiger partial charge on any atom is -0.508 e. The molecule has 0 spiro atoms. The van der Waals surface area contributed by atoms with Crippen molar-refractivity contribution in [3.8, 4) is 28.9 Å². The van der Waals surface area contributed by atoms with Crippen molar-refractivity contribution in [1.29, 1.82) is 0 Å². The van der Waals surface area contributed by atoms with Gasteiger partial charge in [0.25, 0.3) is 0 Å². The molecule has 2 aromatic carbocycles. The van der Waals surface area contributed by atoms with E-state index in [2.05, 4.69) is 24.8 Å². The van der Waals surface area contributed by atoms with E-state index in [4.69, 9.17) is 18.9 Å². The first kappa shape index (κ1) is 40.6. The summed E-state index contributed by atoms with van der Waals surface area (Å²) in [6.45, 7) is 8.63. The number of hydrogen-bond acceptors (Lipinski definition) is 11. The molecule has 1 amide bonds. The zero-order valence-corrected chi connectivity index (χ0v) is 34.0. The molecular weight excluding hydrogens is 759 g/mol. The molecule has 0 aliphatic carbocycles. The van der Waals surface area contributed by atoms with E-state index in [0.29, 0.717) is 62.0 Å². The number of ether oxygens (including phenoxy) is 4. The number of aromatic nitrogens is 4. The number of aryl methyl sites for hydroxylation is 1. The number of benzene rings is 2. The van der Waals surface area contributed by atoms with E-state index < -0.39 is 23.1 Å². The molecule has 0 bridgehead atoms. The van der Waals surface area contributed by atoms with Gasteiger partial charge in [0, 0.05) is 55.5 Å². The maximum absolute atomic E-state index is 17.1. The number of hydrogen-bond donors (Lipinski definition) is 1. The highest BCUT2D eigenvalue weighted by Crippen LogP contribution is 2.41. The lowest BCUT2D eigenvalue weighted by Crippen LogP contribution is -2.43. The van der Waals surface area contributed by atoms with Crippen LogP contribution in [0.1, 0.15) is 76.8 Å². The number of likely N-dealkylation sites (tertiary alicyclic amines) is 1. The van der Waals surface area contributed by atoms with E-state index in [-0.39, 0.29) is 59.6 Å². The highest BCUT2D eigenvalue weighted by molar-refractivity contribution is 5.99. The maximum atomic E-state index is 17.1. The second kappa shape index (κ2) is 17.2. The Morgan fingerprint density at radius 2 is 1.86 bits per heavy atom. The van der Waals surface area contributed by atoms with Crippen LogP contribution in [-0.2, 0) is 22.5 Å². The molecule has 3 fully saturated rings. The lowest BCUT2D eigenvalue weighted by molar-refractivity contribution is 0.000772. The number of amides is 1. The molecule has 8 rings (SSSR count). The monoisotopic (exact) mass is 810 g/mol. The standard InChI is InChI=1S/C45H52F2N6O6/c1-44(2,3)59-43(55)52-18-8-7-14-33(26-52)56-20-9-13-30-15-17-48-36-22-32(54)21-34(37(30)36)39-38(47)40-35(24-49-39)41(57-27-29-11-5-4-6-12-29)51-42(50-40)58-28-45-16-10-19-53(45)25-31(46)23-45/h4-6,11-12,15,17,21-22,24,31,33,54H,7-10,13-14,16,18-20,23,25-28H2,1-3H3/t31-,33-,45+/m1/s1. The Labute approximate surface area is 342 Å². The number of alkyl halides is 1. The van der Waals surface area contributed by atoms with Gasteiger partial charge in [-0.1, -0.05) is 30.3 Å². The van der Waals surface area contributed by atoms with E-state index >= 15 is 4.39 Å². The number of pyridine rings is 2. The van der Waals surface area contributed by atoms with Crippen molar-refractivity contribution < 1.29 is 37.6 Å². The zero-order chi connectivity index (χ0) is 41.1. The predicted molar refractivity (Wildman–Crippen MR) is 219 cm³/mol. The van der Waals surface area contributed by atoms with Crippen molar-refractivity contribution in [1.82, 2.24) is 29.7 Å². The molecule has 0 saturated carbocycles. The lowest BCUT2D eigenvalue weighted by Gasteiger charge is -2.30. The molecule has 3 atom stereocenters. The maximum Gasteiger partial charge on any atom is 0.410 e. The predicted octanol–water partition coefficient (Wildman–Crippen LogP) is 8.36. The van der Waals surface area contributed by atoms with Crippen LogP contribution in [0.5, 0.6) is 17.6 Å². The van der Waals surface area contributed by atoms with E-state index in [0.717, 1.165) is 49.8 Å². The molecule has 3 aliphatic rings. The van der Waals surface area contributed by atoms with Gasteiger partial charge < -0.3 is 29.0 Å². The third-order valence-corrected chi connectivity index (χ3v) is 11.5. The molecule has 312 valence electrons. The summed E-state index contributed by atoms with van der Waals surface area (Å²) in [6.07, 6.45) is 7.78. The summed E-state index contributed by atoms with van der Waals surface area (Å²) in [7, 11) is 0. The van der Waals surface area contributed by atoms with Crippen molar-refractivity contribution >= 4 is 27.9 Å². The van der Waals surface area contributed by atoms with Crippen molar-refractivity contribution in [3.05, 3.63) is 77.9 Å². The fraction of sp³-hybridized carbons (Fsp3) is 0.489. The van der Waals surface area contributed by atoms with Crippen LogP contribution in [-0.4, -0.2) is 104 Å². The van der Waals surface area contributed by atoms with Crippen LogP contribution in [0, 0.1) is 5.82 Å². The number of aromatic hydroxyl groups is 1. The van der Waals surface area contributed by atoms with Gasteiger partial charge in [0.2, 0.25) is 5.88 Å². The van der Waals surface area contributed by atoms with Crippen molar-refractivity contribution in [2.24, 2.45) is 0 Å². The second-order valence-electron chi connectivity index (χ2n) is 17.0. The highest BCUT2D eigenvalue weighted by Gasteiger charge is 2.49. The van der Waals surface area contributed by atoms with Gasteiger partial charge in [0.1, 0.15) is 41.9 Å². The van der Waals surface area contributed by atoms with Crippen LogP contribution in [0.4, 0.5) is 13.6 Å². The summed E-state index contributed by atoms with van der Waals surface area (Å²) in [5, 5.41) is 11.8. The quantitative estimate of drug-likeness (QED) is 0.122. The Hall–Kier alpha value is -5.21. The number of phenolic OH excluding ortho intramolecular Hbond substituents is 1. The molecule has 0 unspecified atom stereocenters. The molecule has 1 N–H and O–H groups in total. The molecule has 12 nitrogen and oxygen atoms in total. The van der Waals surface area contributed by atoms with Crippen molar-refractivity contribution in [2.75, 3.05) is 39.4 Å². The molecule has 0 radical (unpaired) electrons. The number of carbonyl (C=O) groups excluding carboxylic acids is 1. The lowest BCUT2D eigenvalue weighted by atomic mass is 9.95. The minimum atomic E-state index is -0.936. The number of phenols is 1. The number of halogens is 2. The summed E-state index contributed by atoms with van der Waals surface area (Å²) >= 11 is 0. The topological polar surface area (TPSA) is 132 Å². The number of nitrogens with zero attached hydrogens (tertiary/aromatic N) is 6. The smallest absolute Gasteiger partial charge is 0.410 e. The van der Waals surface area contributed by atoms with Gasteiger partial charge in [-0.05, 0) is 95.5 Å². The summed E-state index contributed by atoms with van der Waals surface area (Å²) in [5.74, 6) is -0.725. The van der Waals surface area contributed by atoms with E-state index in [1.165, 1.54) is 12.3 Å². The third-order valence-electron chi connectivity index (χ3n) is 11.5. The number of carbonyl (C=O) groups is 1. The molecular formula is C45H52F2N6O6. The van der Waals surface area contributed by atoms with Crippen LogP contribution in [0.3, 0.4) is 0 Å². The van der Waals surface area contributed by atoms with Gasteiger partial charge in [-0.15, -0.1) is 0 Å². The Morgan fingerprint density at radius 1 is 1.02 bits per heavy atom. The average molecular weight is 811 g/mol. The van der Waals surface area contributed by atoms with E-state index in [1.54, 1.807) is 17.2 Å². The molecule has 14 heteroatoms. The fourth-order valence-corrected chi connectivity index (χ4v) is 8.73. The molecule has 6 heterocycles. The normalized spacial score (nSPS) is 21.1. The molecule has 5 aromatic rings. The van der Waals surface area contributed by atoms with Crippen LogP contribution in [0.2, 0.25) is 0 Å². The van der Waals surface area contributed by atoms with E-state index in [9.17, 15) is 14.3 Å². The Morgan fingerprint density at radius 3 is 2.69 bits per heavy atom. The van der Waals surface area contributed by atoms with Gasteiger partial charge in [-0.25, -0.2) is 13.6 Å². The Balaban J connectivity index is 1.07. The summed E-state index contributed by atoms with van der Waals surface area (Å²) in [5.41, 5.74) is 1.49. The fourth-order valence-electron chi connectivity index (χ4n) is 8.73. The van der Waals surface area contributed by atoms with Gasteiger partial charge in [-0.2, -0.15) is 9.97 Å². The van der Waals surface area contributed by atoms with Gasteiger partial charge in [0.05, 0.1) is 29.1 Å². The summed E-state index contributed by atoms with van der Waals surface area (Å²) in [6, 6.07) is 14.4. The first-order valence-electron chi connectivity index (χ1n) is 20.7. The minimum absolute atomic E-state index is 0.0279. The van der Waals surface area contributed by atoms with Crippen molar-refractivity contribution in [3.63, 3.8) is 0 Å². The van der Waals surface area contributed by atoms with Crippen LogP contribution < -0.4 is 9.47 Å². The highest BCUT2D eigenvalue weighted by atomic mass is 19.1. The van der Waals surface area contributed by atoms with Crippen molar-refractivity contribution in [2.45, 2.75) is 102 Å². The number of rotatable bonds is 12. The summed E-state index contributed by atoms with van der Waals surface area (Å²) in [4.78, 5) is 35.0. The van der Waals surface area contributed by atoms with Crippen LogP contribution in [0.25, 0.3) is 33.1 Å². The molecule has 59 heavy (non-hydrogen) atoms. The summed E-state index contributed by atoms with van der Waals surface area (Å²) < 4.78 is 56.0. The zero-order valence-electron chi connectivity index (χ0n) is 34.0. The average Bonchev–Trinajstić information content (AvgIpc) is 3.62. The molecule has 3 aliphatic heterocycles. The van der Waals surface area contributed by atoms with Crippen LogP contribution >= 0.6 is 0 Å². The Bertz CT molecular complexity index is 2290. The van der Waals surface area contributed by atoms with E-state index in [1.807, 2.05) is 57.2 Å². The molecule has 3 aromatic heterocycles. The van der Waals surface area contributed by atoms with Crippen LogP contribution in [0.15, 0.2) is 60.9 Å².